The Morgan fingerprint density at radius 2 is 1.87 bits per heavy atom. The number of amides is 2. The molecule has 13 heteroatoms. The fraction of sp³-hybridized carbons (Fsp3) is 0.562. The summed E-state index contributed by atoms with van der Waals surface area (Å²) in [5, 5.41) is 27.2. The predicted octanol–water partition coefficient (Wildman–Crippen LogP) is 0.886. The van der Waals surface area contributed by atoms with Gasteiger partial charge in [0.15, 0.2) is 6.10 Å². The molecule has 0 aromatic heterocycles. The summed E-state index contributed by atoms with van der Waals surface area (Å²) in [5.74, 6) is -2.35. The summed E-state index contributed by atoms with van der Waals surface area (Å²) in [7, 11) is 6.61. The number of nitrogens with zero attached hydrogens (tertiary/aromatic N) is 1. The maximum Gasteiger partial charge on any atom is 0.405 e. The van der Waals surface area contributed by atoms with Gasteiger partial charge >= 0.3 is 6.09 Å². The van der Waals surface area contributed by atoms with Gasteiger partial charge in [0.1, 0.15) is 6.10 Å². The summed E-state index contributed by atoms with van der Waals surface area (Å²) in [6, 6.07) is 0. The zero-order valence-corrected chi connectivity index (χ0v) is 27.2. The van der Waals surface area contributed by atoms with Crippen molar-refractivity contribution in [2.24, 2.45) is 17.6 Å². The molecule has 0 spiro atoms. The topological polar surface area (TPSA) is 190 Å². The van der Waals surface area contributed by atoms with E-state index in [-0.39, 0.29) is 40.5 Å². The molecule has 1 heterocycles. The van der Waals surface area contributed by atoms with Crippen LogP contribution in [-0.4, -0.2) is 111 Å². The molecule has 2 rings (SSSR count). The van der Waals surface area contributed by atoms with Crippen LogP contribution in [0, 0.1) is 11.8 Å². The molecule has 2 amide bonds. The largest absolute Gasteiger partial charge is 0.439 e. The van der Waals surface area contributed by atoms with Gasteiger partial charge in [0.2, 0.25) is 11.6 Å². The van der Waals surface area contributed by atoms with Crippen molar-refractivity contribution in [1.82, 2.24) is 15.5 Å². The monoisotopic (exact) mass is 632 g/mol. The molecule has 6 N–H and O–H groups in total. The normalized spacial score (nSPS) is 30.5. The number of primary amides is 1. The molecule has 0 aromatic carbocycles. The van der Waals surface area contributed by atoms with Gasteiger partial charge in [-0.05, 0) is 45.4 Å². The van der Waals surface area contributed by atoms with E-state index in [9.17, 15) is 29.4 Å². The average Bonchev–Trinajstić information content (AvgIpc) is 2.98. The molecule has 45 heavy (non-hydrogen) atoms. The lowest BCUT2D eigenvalue weighted by Crippen LogP contribution is -2.39. The Kier molecular flexibility index (Phi) is 14.8. The highest BCUT2D eigenvalue weighted by molar-refractivity contribution is 6.23. The quantitative estimate of drug-likeness (QED) is 0.189. The van der Waals surface area contributed by atoms with Crippen molar-refractivity contribution < 1.29 is 43.6 Å². The number of allylic oxidation sites excluding steroid dienone is 4. The average molecular weight is 633 g/mol. The second-order valence-electron chi connectivity index (χ2n) is 11.7. The van der Waals surface area contributed by atoms with Gasteiger partial charge < -0.3 is 45.7 Å². The van der Waals surface area contributed by atoms with E-state index in [1.807, 2.05) is 25.9 Å². The number of ether oxygens (including phenoxy) is 3. The lowest BCUT2D eigenvalue weighted by molar-refractivity contribution is -0.120. The van der Waals surface area contributed by atoms with Gasteiger partial charge in [0.25, 0.3) is 5.91 Å². The summed E-state index contributed by atoms with van der Waals surface area (Å²) in [5.41, 5.74) is 6.04. The van der Waals surface area contributed by atoms with E-state index in [4.69, 9.17) is 19.9 Å². The van der Waals surface area contributed by atoms with Gasteiger partial charge in [-0.15, -0.1) is 0 Å². The van der Waals surface area contributed by atoms with Crippen molar-refractivity contribution in [3.8, 4) is 0 Å². The number of ketones is 2. The van der Waals surface area contributed by atoms with E-state index in [0.717, 1.165) is 6.08 Å². The van der Waals surface area contributed by atoms with Gasteiger partial charge in [-0.25, -0.2) is 4.79 Å². The SMILES string of the molecule is CO[C@H]1/C=C/C=C(/C)C(=O)NC2=CC(=O)C(NCCN(C)C)=C(C[C@@H](C)C[C@H](OC)[C@H](O)[C@@H](C)/C=C(\CO)[C@@H]1OC(N)=O)C2=O. The molecule has 0 aromatic rings. The number of hydrogen-bond donors (Lipinski definition) is 5. The van der Waals surface area contributed by atoms with Crippen molar-refractivity contribution in [3.63, 3.8) is 0 Å². The number of nitrogens with two attached hydrogens (primary N) is 1. The van der Waals surface area contributed by atoms with Crippen LogP contribution < -0.4 is 16.4 Å². The van der Waals surface area contributed by atoms with Crippen LogP contribution in [0.3, 0.4) is 0 Å². The minimum atomic E-state index is -1.15. The molecule has 0 unspecified atom stereocenters. The van der Waals surface area contributed by atoms with Gasteiger partial charge in [0, 0.05) is 50.4 Å². The second-order valence-corrected chi connectivity index (χ2v) is 11.7. The van der Waals surface area contributed by atoms with Crippen molar-refractivity contribution in [2.75, 3.05) is 48.0 Å². The van der Waals surface area contributed by atoms with Crippen LogP contribution in [0.5, 0.6) is 0 Å². The molecule has 0 saturated heterocycles. The van der Waals surface area contributed by atoms with Crippen LogP contribution in [0.15, 0.2) is 58.5 Å². The fourth-order valence-corrected chi connectivity index (χ4v) is 5.18. The Morgan fingerprint density at radius 1 is 1.18 bits per heavy atom. The van der Waals surface area contributed by atoms with E-state index >= 15 is 0 Å². The van der Waals surface area contributed by atoms with Crippen molar-refractivity contribution in [1.29, 1.82) is 0 Å². The first-order chi connectivity index (χ1) is 21.2. The number of likely N-dealkylation sites (N-methyl/N-ethyl adjacent to an activating group) is 1. The van der Waals surface area contributed by atoms with Gasteiger partial charge in [0.05, 0.1) is 30.2 Å². The molecule has 1 aliphatic carbocycles. The van der Waals surface area contributed by atoms with Crippen LogP contribution in [-0.2, 0) is 28.6 Å². The Morgan fingerprint density at radius 3 is 2.44 bits per heavy atom. The number of rotatable bonds is 8. The lowest BCUT2D eigenvalue weighted by Gasteiger charge is -2.30. The van der Waals surface area contributed by atoms with E-state index in [1.165, 1.54) is 39.4 Å². The molecule has 0 saturated carbocycles. The zero-order chi connectivity index (χ0) is 33.8. The molecule has 2 bridgehead atoms. The van der Waals surface area contributed by atoms with E-state index < -0.39 is 60.5 Å². The number of nitrogens with one attached hydrogen (secondary N) is 2. The second kappa shape index (κ2) is 17.8. The van der Waals surface area contributed by atoms with Gasteiger partial charge in [-0.1, -0.05) is 38.2 Å². The summed E-state index contributed by atoms with van der Waals surface area (Å²) in [6.07, 6.45) is 2.67. The summed E-state index contributed by atoms with van der Waals surface area (Å²) in [4.78, 5) is 53.7. The smallest absolute Gasteiger partial charge is 0.405 e. The van der Waals surface area contributed by atoms with Crippen LogP contribution >= 0.6 is 0 Å². The molecule has 2 aliphatic rings. The van der Waals surface area contributed by atoms with Crippen LogP contribution in [0.2, 0.25) is 0 Å². The zero-order valence-electron chi connectivity index (χ0n) is 27.2. The first-order valence-electron chi connectivity index (χ1n) is 14.8. The van der Waals surface area contributed by atoms with Gasteiger partial charge in [-0.2, -0.15) is 0 Å². The molecule has 0 radical (unpaired) electrons. The Labute approximate surface area is 264 Å². The Balaban J connectivity index is 2.64. The summed E-state index contributed by atoms with van der Waals surface area (Å²) >= 11 is 0. The summed E-state index contributed by atoms with van der Waals surface area (Å²) in [6.45, 7) is 5.62. The van der Waals surface area contributed by atoms with Crippen LogP contribution in [0.1, 0.15) is 33.6 Å². The van der Waals surface area contributed by atoms with E-state index in [2.05, 4.69) is 10.6 Å². The molecule has 6 atom stereocenters. The number of methoxy groups -OCH3 is 2. The maximum atomic E-state index is 13.7. The minimum absolute atomic E-state index is 0.140. The van der Waals surface area contributed by atoms with Crippen LogP contribution in [0.4, 0.5) is 4.79 Å². The first-order valence-corrected chi connectivity index (χ1v) is 14.8. The third kappa shape index (κ3) is 10.8. The first kappa shape index (κ1) is 37.6. The maximum absolute atomic E-state index is 13.7. The Hall–Kier alpha value is -3.62. The van der Waals surface area contributed by atoms with Crippen molar-refractivity contribution in [3.05, 3.63) is 58.5 Å². The number of hydrogen-bond acceptors (Lipinski definition) is 11. The van der Waals surface area contributed by atoms with Crippen molar-refractivity contribution >= 4 is 23.6 Å². The number of carbonyl (C=O) groups is 4. The van der Waals surface area contributed by atoms with Crippen molar-refractivity contribution in [2.45, 2.75) is 58.0 Å². The number of aliphatic hydroxyl groups is 2. The third-order valence-corrected chi connectivity index (χ3v) is 7.70. The van der Waals surface area contributed by atoms with E-state index in [0.29, 0.717) is 19.5 Å². The number of fused-ring (bicyclic) bond motifs is 2. The highest BCUT2D eigenvalue weighted by atomic mass is 16.6. The summed E-state index contributed by atoms with van der Waals surface area (Å²) < 4.78 is 16.5. The molecule has 250 valence electrons. The molecule has 13 nitrogen and oxygen atoms in total. The number of Topliss-reactive ketones (excluding diaryl/α,β-unsaturated/α-hetero) is 1. The fourth-order valence-electron chi connectivity index (χ4n) is 5.18. The molecular weight excluding hydrogens is 584 g/mol. The van der Waals surface area contributed by atoms with Crippen LogP contribution in [0.25, 0.3) is 0 Å². The predicted molar refractivity (Wildman–Crippen MR) is 168 cm³/mol. The van der Waals surface area contributed by atoms with Gasteiger partial charge in [-0.3, -0.25) is 14.4 Å². The number of carbonyl (C=O) groups excluding carboxylic acids is 4. The standard InChI is InChI=1S/C32H48N4O9/c1-18-13-22-27(34-11-12-36(4)5)24(38)16-23(29(22)40)35-31(41)19(2)9-8-10-25(43-6)30(45-32(33)42)21(17-37)15-20(3)28(39)26(14-18)44-7/h8-10,15-16,18,20,25-26,28,30,34,37,39H,11-14,17H2,1-7H3,(H2,33,42)(H,35,41)/b10-8+,19-9-,21-15+/t18-,20+,25+,26+,28-,30+/m1/s1. The highest BCUT2D eigenvalue weighted by Crippen LogP contribution is 2.29. The van der Waals surface area contributed by atoms with E-state index in [1.54, 1.807) is 13.0 Å². The molecule has 1 aliphatic heterocycles. The molecule has 0 fully saturated rings. The third-order valence-electron chi connectivity index (χ3n) is 7.70. The Bertz CT molecular complexity index is 1250. The highest BCUT2D eigenvalue weighted by Gasteiger charge is 2.34. The lowest BCUT2D eigenvalue weighted by atomic mass is 9.85. The minimum Gasteiger partial charge on any atom is -0.439 e. The molecular formula is C32H48N4O9. The number of aliphatic hydroxyl groups excluding tert-OH is 2.